The van der Waals surface area contributed by atoms with Crippen molar-refractivity contribution in [3.05, 3.63) is 38.6 Å². The molecule has 9 heteroatoms. The van der Waals surface area contributed by atoms with Crippen LogP contribution in [-0.4, -0.2) is 13.5 Å². The van der Waals surface area contributed by atoms with Crippen LogP contribution < -0.4 is 4.72 Å². The van der Waals surface area contributed by atoms with E-state index < -0.39 is 10.0 Å². The molecular formula is C10H6Cl3NO3S2. The molecule has 0 fully saturated rings. The first kappa shape index (κ1) is 14.7. The molecular weight excluding hydrogens is 353 g/mol. The predicted octanol–water partition coefficient (Wildman–Crippen LogP) is 4.21. The molecule has 0 unspecified atom stereocenters. The number of phenols is 1. The lowest BCUT2D eigenvalue weighted by Crippen LogP contribution is -2.11. The highest BCUT2D eigenvalue weighted by atomic mass is 35.5. The minimum absolute atomic E-state index is 0.0468. The third kappa shape index (κ3) is 3.27. The highest BCUT2D eigenvalue weighted by Crippen LogP contribution is 2.35. The van der Waals surface area contributed by atoms with Gasteiger partial charge in [0.2, 0.25) is 0 Å². The average molecular weight is 359 g/mol. The van der Waals surface area contributed by atoms with Crippen LogP contribution in [0.25, 0.3) is 0 Å². The van der Waals surface area contributed by atoms with Crippen molar-refractivity contribution in [2.45, 2.75) is 4.21 Å². The third-order valence-electron chi connectivity index (χ3n) is 2.08. The van der Waals surface area contributed by atoms with Crippen LogP contribution in [0.4, 0.5) is 5.69 Å². The molecule has 1 heterocycles. The van der Waals surface area contributed by atoms with Crippen molar-refractivity contribution in [3.63, 3.8) is 0 Å². The predicted molar refractivity (Wildman–Crippen MR) is 78.3 cm³/mol. The molecule has 0 spiro atoms. The van der Waals surface area contributed by atoms with Crippen LogP contribution in [0.3, 0.4) is 0 Å². The zero-order valence-electron chi connectivity index (χ0n) is 9.02. The molecule has 1 aromatic heterocycles. The number of benzene rings is 1. The summed E-state index contributed by atoms with van der Waals surface area (Å²) >= 11 is 18.0. The van der Waals surface area contributed by atoms with Gasteiger partial charge in [-0.1, -0.05) is 34.8 Å². The van der Waals surface area contributed by atoms with Crippen molar-refractivity contribution in [2.24, 2.45) is 0 Å². The molecule has 0 saturated heterocycles. The minimum Gasteiger partial charge on any atom is -0.505 e. The van der Waals surface area contributed by atoms with Gasteiger partial charge in [-0.2, -0.15) is 0 Å². The summed E-state index contributed by atoms with van der Waals surface area (Å²) in [7, 11) is -3.75. The van der Waals surface area contributed by atoms with Crippen molar-refractivity contribution in [2.75, 3.05) is 4.72 Å². The van der Waals surface area contributed by atoms with Crippen molar-refractivity contribution >= 4 is 61.9 Å². The van der Waals surface area contributed by atoms with E-state index in [9.17, 15) is 13.5 Å². The normalized spacial score (nSPS) is 11.5. The lowest BCUT2D eigenvalue weighted by molar-refractivity contribution is 0.476. The van der Waals surface area contributed by atoms with Gasteiger partial charge in [0.25, 0.3) is 10.0 Å². The number of nitrogens with one attached hydrogen (secondary N) is 1. The Labute approximate surface area is 128 Å². The summed E-state index contributed by atoms with van der Waals surface area (Å²) < 4.78 is 26.8. The zero-order chi connectivity index (χ0) is 14.2. The van der Waals surface area contributed by atoms with Crippen LogP contribution in [0.1, 0.15) is 0 Å². The van der Waals surface area contributed by atoms with E-state index in [1.54, 1.807) is 0 Å². The lowest BCUT2D eigenvalue weighted by Gasteiger charge is -2.08. The zero-order valence-corrected chi connectivity index (χ0v) is 12.9. The first-order valence-electron chi connectivity index (χ1n) is 4.76. The Balaban J connectivity index is 2.36. The first-order valence-corrected chi connectivity index (χ1v) is 8.19. The highest BCUT2D eigenvalue weighted by molar-refractivity contribution is 7.94. The molecule has 19 heavy (non-hydrogen) atoms. The van der Waals surface area contributed by atoms with E-state index in [0.29, 0.717) is 4.34 Å². The van der Waals surface area contributed by atoms with Crippen molar-refractivity contribution < 1.29 is 13.5 Å². The first-order chi connectivity index (χ1) is 8.79. The monoisotopic (exact) mass is 357 g/mol. The Morgan fingerprint density at radius 3 is 2.16 bits per heavy atom. The van der Waals surface area contributed by atoms with Crippen LogP contribution in [-0.2, 0) is 10.0 Å². The van der Waals surface area contributed by atoms with Crippen molar-refractivity contribution in [3.8, 4) is 5.75 Å². The average Bonchev–Trinajstić information content (AvgIpc) is 2.73. The molecule has 2 aromatic rings. The Morgan fingerprint density at radius 1 is 1.11 bits per heavy atom. The molecule has 2 rings (SSSR count). The number of thiophene rings is 1. The summed E-state index contributed by atoms with van der Waals surface area (Å²) in [6, 6.07) is 5.39. The van der Waals surface area contributed by atoms with Crippen LogP contribution >= 0.6 is 46.1 Å². The van der Waals surface area contributed by atoms with E-state index in [2.05, 4.69) is 4.72 Å². The summed E-state index contributed by atoms with van der Waals surface area (Å²) in [5, 5.41) is 9.30. The fourth-order valence-corrected chi connectivity index (χ4v) is 4.28. The second kappa shape index (κ2) is 5.38. The van der Waals surface area contributed by atoms with Crippen LogP contribution in [0.15, 0.2) is 28.5 Å². The molecule has 102 valence electrons. The van der Waals surface area contributed by atoms with E-state index in [4.69, 9.17) is 34.8 Å². The molecule has 0 amide bonds. The van der Waals surface area contributed by atoms with Gasteiger partial charge in [-0.15, -0.1) is 11.3 Å². The standard InChI is InChI=1S/C10H6Cl3NO3S2/c11-6-3-5(4-7(12)10(6)15)14-19(16,17)9-2-1-8(13)18-9/h1-4,14-15H. The number of anilines is 1. The molecule has 0 aliphatic carbocycles. The van der Waals surface area contributed by atoms with Gasteiger partial charge in [0, 0.05) is 0 Å². The molecule has 0 bridgehead atoms. The summed E-state index contributed by atoms with van der Waals surface area (Å²) in [4.78, 5) is 0. The van der Waals surface area contributed by atoms with E-state index in [1.165, 1.54) is 24.3 Å². The van der Waals surface area contributed by atoms with Crippen molar-refractivity contribution in [1.29, 1.82) is 0 Å². The molecule has 4 nitrogen and oxygen atoms in total. The number of hydrogen-bond donors (Lipinski definition) is 2. The second-order valence-electron chi connectivity index (χ2n) is 3.45. The Hall–Kier alpha value is -0.660. The van der Waals surface area contributed by atoms with Gasteiger partial charge in [0.1, 0.15) is 4.21 Å². The maximum Gasteiger partial charge on any atom is 0.271 e. The molecule has 0 aliphatic rings. The summed E-state index contributed by atoms with van der Waals surface area (Å²) in [5.41, 5.74) is 0.150. The summed E-state index contributed by atoms with van der Waals surface area (Å²) in [6.07, 6.45) is 0. The molecule has 1 aromatic carbocycles. The quantitative estimate of drug-likeness (QED) is 0.808. The SMILES string of the molecule is O=S(=O)(Nc1cc(Cl)c(O)c(Cl)c1)c1ccc(Cl)s1. The molecule has 0 saturated carbocycles. The highest BCUT2D eigenvalue weighted by Gasteiger charge is 2.18. The molecule has 2 N–H and O–H groups in total. The number of phenolic OH excluding ortho intramolecular Hbond substituents is 1. The van der Waals surface area contributed by atoms with Crippen LogP contribution in [0.5, 0.6) is 5.75 Å². The van der Waals surface area contributed by atoms with Gasteiger partial charge in [-0.05, 0) is 24.3 Å². The van der Waals surface area contributed by atoms with Gasteiger partial charge in [0.15, 0.2) is 5.75 Å². The van der Waals surface area contributed by atoms with Gasteiger partial charge < -0.3 is 5.11 Å². The Kier molecular flexibility index (Phi) is 4.17. The number of sulfonamides is 1. The lowest BCUT2D eigenvalue weighted by atomic mass is 10.3. The second-order valence-corrected chi connectivity index (χ2v) is 7.89. The number of halogens is 3. The van der Waals surface area contributed by atoms with Gasteiger partial charge >= 0.3 is 0 Å². The summed E-state index contributed by atoms with van der Waals surface area (Å²) in [6.45, 7) is 0. The molecule has 0 atom stereocenters. The topological polar surface area (TPSA) is 66.4 Å². The number of aromatic hydroxyl groups is 1. The molecule has 0 aliphatic heterocycles. The third-order valence-corrected chi connectivity index (χ3v) is 5.76. The van der Waals surface area contributed by atoms with Gasteiger partial charge in [-0.25, -0.2) is 8.42 Å². The van der Waals surface area contributed by atoms with E-state index in [0.717, 1.165) is 11.3 Å². The number of hydrogen-bond acceptors (Lipinski definition) is 4. The maximum absolute atomic E-state index is 12.0. The Bertz CT molecular complexity index is 704. The Morgan fingerprint density at radius 2 is 1.68 bits per heavy atom. The van der Waals surface area contributed by atoms with Crippen LogP contribution in [0, 0.1) is 0 Å². The number of rotatable bonds is 3. The largest absolute Gasteiger partial charge is 0.505 e. The smallest absolute Gasteiger partial charge is 0.271 e. The van der Waals surface area contributed by atoms with E-state index >= 15 is 0 Å². The fourth-order valence-electron chi connectivity index (χ4n) is 1.27. The minimum atomic E-state index is -3.75. The molecule has 0 radical (unpaired) electrons. The van der Waals surface area contributed by atoms with Crippen molar-refractivity contribution in [1.82, 2.24) is 0 Å². The van der Waals surface area contributed by atoms with E-state index in [1.807, 2.05) is 0 Å². The maximum atomic E-state index is 12.0. The summed E-state index contributed by atoms with van der Waals surface area (Å²) in [5.74, 6) is -0.301. The van der Waals surface area contributed by atoms with Gasteiger partial charge in [0.05, 0.1) is 20.1 Å². The fraction of sp³-hybridized carbons (Fsp3) is 0. The van der Waals surface area contributed by atoms with E-state index in [-0.39, 0.29) is 25.7 Å². The van der Waals surface area contributed by atoms with Crippen LogP contribution in [0.2, 0.25) is 14.4 Å². The van der Waals surface area contributed by atoms with Gasteiger partial charge in [-0.3, -0.25) is 4.72 Å².